The third kappa shape index (κ3) is 4.32. The standard InChI is InChI=1S/C17H27N7OS/c1-5-15-20-17(26-22-15)24-8-6-23(7-9-24)16(18-4)19-11-13-10-14(12(2)3)21-25-13/h10,12H,5-9,11H2,1-4H3,(H,18,19). The Morgan fingerprint density at radius 2 is 2.12 bits per heavy atom. The second kappa shape index (κ2) is 8.48. The van der Waals surface area contributed by atoms with E-state index in [1.54, 1.807) is 0 Å². The maximum atomic E-state index is 5.39. The van der Waals surface area contributed by atoms with Gasteiger partial charge in [0.1, 0.15) is 5.82 Å². The van der Waals surface area contributed by atoms with Crippen LogP contribution in [0.4, 0.5) is 5.13 Å². The fourth-order valence-corrected chi connectivity index (χ4v) is 3.61. The number of aliphatic imine (C=N–C) groups is 1. The Hall–Kier alpha value is -2.16. The van der Waals surface area contributed by atoms with E-state index in [0.717, 1.165) is 61.0 Å². The van der Waals surface area contributed by atoms with Gasteiger partial charge in [0.15, 0.2) is 11.7 Å². The molecule has 3 rings (SSSR count). The van der Waals surface area contributed by atoms with Crippen LogP contribution in [0.5, 0.6) is 0 Å². The topological polar surface area (TPSA) is 82.7 Å². The summed E-state index contributed by atoms with van der Waals surface area (Å²) in [4.78, 5) is 13.6. The maximum absolute atomic E-state index is 5.39. The first-order chi connectivity index (χ1) is 12.6. The van der Waals surface area contributed by atoms with E-state index in [1.165, 1.54) is 11.5 Å². The van der Waals surface area contributed by atoms with Crippen molar-refractivity contribution < 1.29 is 4.52 Å². The SMILES string of the molecule is CCc1nsc(N2CCN(C(=NC)NCc3cc(C(C)C)no3)CC2)n1. The van der Waals surface area contributed by atoms with Crippen molar-refractivity contribution in [2.45, 2.75) is 39.7 Å². The zero-order valence-corrected chi connectivity index (χ0v) is 16.7. The number of aryl methyl sites for hydroxylation is 1. The van der Waals surface area contributed by atoms with Crippen molar-refractivity contribution in [1.29, 1.82) is 0 Å². The van der Waals surface area contributed by atoms with Gasteiger partial charge in [-0.1, -0.05) is 25.9 Å². The molecule has 2 aromatic rings. The Balaban J connectivity index is 1.51. The van der Waals surface area contributed by atoms with Gasteiger partial charge in [0.25, 0.3) is 0 Å². The molecular formula is C17H27N7OS. The fourth-order valence-electron chi connectivity index (χ4n) is 2.81. The van der Waals surface area contributed by atoms with Crippen LogP contribution in [0.1, 0.15) is 44.0 Å². The number of hydrogen-bond acceptors (Lipinski definition) is 7. The van der Waals surface area contributed by atoms with Crippen molar-refractivity contribution >= 4 is 22.6 Å². The lowest BCUT2D eigenvalue weighted by molar-refractivity contribution is 0.355. The highest BCUT2D eigenvalue weighted by atomic mass is 32.1. The molecule has 8 nitrogen and oxygen atoms in total. The third-order valence-corrected chi connectivity index (χ3v) is 5.24. The van der Waals surface area contributed by atoms with Gasteiger partial charge in [-0.25, -0.2) is 4.98 Å². The van der Waals surface area contributed by atoms with Crippen LogP contribution in [0.2, 0.25) is 0 Å². The average Bonchev–Trinajstić information content (AvgIpc) is 3.32. The first kappa shape index (κ1) is 18.6. The van der Waals surface area contributed by atoms with Crippen LogP contribution in [0.25, 0.3) is 0 Å². The zero-order chi connectivity index (χ0) is 18.5. The van der Waals surface area contributed by atoms with Gasteiger partial charge in [-0.05, 0) is 5.92 Å². The molecule has 142 valence electrons. The van der Waals surface area contributed by atoms with Crippen LogP contribution in [0, 0.1) is 0 Å². The van der Waals surface area contributed by atoms with Gasteiger partial charge < -0.3 is 19.6 Å². The molecule has 3 heterocycles. The number of rotatable bonds is 5. The first-order valence-electron chi connectivity index (χ1n) is 9.09. The molecule has 2 aromatic heterocycles. The summed E-state index contributed by atoms with van der Waals surface area (Å²) in [6, 6.07) is 2.00. The lowest BCUT2D eigenvalue weighted by Gasteiger charge is -2.36. The molecule has 9 heteroatoms. The normalized spacial score (nSPS) is 15.8. The van der Waals surface area contributed by atoms with Crippen molar-refractivity contribution in [3.8, 4) is 0 Å². The molecule has 0 aromatic carbocycles. The van der Waals surface area contributed by atoms with E-state index in [-0.39, 0.29) is 0 Å². The van der Waals surface area contributed by atoms with Gasteiger partial charge in [-0.2, -0.15) is 4.37 Å². The Labute approximate surface area is 158 Å². The van der Waals surface area contributed by atoms with Crippen LogP contribution in [-0.2, 0) is 13.0 Å². The highest BCUT2D eigenvalue weighted by Crippen LogP contribution is 2.19. The second-order valence-electron chi connectivity index (χ2n) is 6.59. The molecule has 0 saturated carbocycles. The van der Waals surface area contributed by atoms with Crippen molar-refractivity contribution in [2.75, 3.05) is 38.1 Å². The highest BCUT2D eigenvalue weighted by Gasteiger charge is 2.22. The van der Waals surface area contributed by atoms with Crippen LogP contribution in [0.3, 0.4) is 0 Å². The summed E-state index contributed by atoms with van der Waals surface area (Å²) < 4.78 is 9.77. The number of aromatic nitrogens is 3. The van der Waals surface area contributed by atoms with Crippen molar-refractivity contribution in [2.24, 2.45) is 4.99 Å². The summed E-state index contributed by atoms with van der Waals surface area (Å²) in [7, 11) is 1.81. The second-order valence-corrected chi connectivity index (χ2v) is 7.32. The van der Waals surface area contributed by atoms with Gasteiger partial charge in [-0.15, -0.1) is 0 Å². The van der Waals surface area contributed by atoms with Crippen molar-refractivity contribution in [3.63, 3.8) is 0 Å². The molecule has 1 aliphatic heterocycles. The molecule has 0 amide bonds. The van der Waals surface area contributed by atoms with Crippen molar-refractivity contribution in [1.82, 2.24) is 24.7 Å². The summed E-state index contributed by atoms with van der Waals surface area (Å²) in [5, 5.41) is 8.49. The Morgan fingerprint density at radius 1 is 1.35 bits per heavy atom. The van der Waals surface area contributed by atoms with E-state index < -0.39 is 0 Å². The molecule has 1 aliphatic rings. The third-order valence-electron chi connectivity index (χ3n) is 4.42. The van der Waals surface area contributed by atoms with Gasteiger partial charge >= 0.3 is 0 Å². The summed E-state index contributed by atoms with van der Waals surface area (Å²) in [6.45, 7) is 10.5. The van der Waals surface area contributed by atoms with E-state index in [1.807, 2.05) is 13.1 Å². The van der Waals surface area contributed by atoms with E-state index >= 15 is 0 Å². The smallest absolute Gasteiger partial charge is 0.205 e. The Kier molecular flexibility index (Phi) is 6.08. The quantitative estimate of drug-likeness (QED) is 0.631. The number of guanidine groups is 1. The highest BCUT2D eigenvalue weighted by molar-refractivity contribution is 7.09. The molecule has 0 aliphatic carbocycles. The largest absolute Gasteiger partial charge is 0.359 e. The zero-order valence-electron chi connectivity index (χ0n) is 15.9. The minimum Gasteiger partial charge on any atom is -0.359 e. The summed E-state index contributed by atoms with van der Waals surface area (Å²) in [5.74, 6) is 3.01. The first-order valence-corrected chi connectivity index (χ1v) is 9.86. The van der Waals surface area contributed by atoms with Gasteiger partial charge in [0.2, 0.25) is 5.13 Å². The minimum atomic E-state index is 0.369. The molecule has 0 unspecified atom stereocenters. The minimum absolute atomic E-state index is 0.369. The molecule has 0 bridgehead atoms. The fraction of sp³-hybridized carbons (Fsp3) is 0.647. The Morgan fingerprint density at radius 3 is 2.69 bits per heavy atom. The Bertz CT molecular complexity index is 731. The maximum Gasteiger partial charge on any atom is 0.205 e. The van der Waals surface area contributed by atoms with E-state index in [4.69, 9.17) is 4.52 Å². The number of nitrogens with zero attached hydrogens (tertiary/aromatic N) is 6. The van der Waals surface area contributed by atoms with E-state index in [2.05, 4.69) is 55.4 Å². The molecule has 0 atom stereocenters. The summed E-state index contributed by atoms with van der Waals surface area (Å²) >= 11 is 1.49. The monoisotopic (exact) mass is 377 g/mol. The molecule has 1 fully saturated rings. The lowest BCUT2D eigenvalue weighted by Crippen LogP contribution is -2.52. The van der Waals surface area contributed by atoms with Crippen LogP contribution in [0.15, 0.2) is 15.6 Å². The molecule has 1 saturated heterocycles. The molecule has 1 N–H and O–H groups in total. The predicted molar refractivity (Wildman–Crippen MR) is 104 cm³/mol. The average molecular weight is 378 g/mol. The lowest BCUT2D eigenvalue weighted by atomic mass is 10.1. The molecule has 0 spiro atoms. The molecule has 26 heavy (non-hydrogen) atoms. The number of hydrogen-bond donors (Lipinski definition) is 1. The van der Waals surface area contributed by atoms with E-state index in [9.17, 15) is 0 Å². The molecule has 0 radical (unpaired) electrons. The van der Waals surface area contributed by atoms with Crippen LogP contribution in [-0.4, -0.2) is 58.6 Å². The number of nitrogens with one attached hydrogen (secondary N) is 1. The van der Waals surface area contributed by atoms with Gasteiger partial charge in [0, 0.05) is 57.2 Å². The molecular weight excluding hydrogens is 350 g/mol. The van der Waals surface area contributed by atoms with Gasteiger partial charge in [-0.3, -0.25) is 4.99 Å². The number of piperazine rings is 1. The number of anilines is 1. The summed E-state index contributed by atoms with van der Waals surface area (Å²) in [5.41, 5.74) is 0.980. The van der Waals surface area contributed by atoms with Crippen LogP contribution < -0.4 is 10.2 Å². The van der Waals surface area contributed by atoms with Crippen molar-refractivity contribution in [3.05, 3.63) is 23.3 Å². The predicted octanol–water partition coefficient (Wildman–Crippen LogP) is 2.11. The van der Waals surface area contributed by atoms with Gasteiger partial charge in [0.05, 0.1) is 12.2 Å². The summed E-state index contributed by atoms with van der Waals surface area (Å²) in [6.07, 6.45) is 0.882. The van der Waals surface area contributed by atoms with E-state index in [0.29, 0.717) is 12.5 Å². The van der Waals surface area contributed by atoms with Crippen LogP contribution >= 0.6 is 11.5 Å².